The number of carbonyl (C=O) groups is 3. The van der Waals surface area contributed by atoms with Crippen molar-refractivity contribution in [2.45, 2.75) is 19.6 Å². The first kappa shape index (κ1) is 10.8. The van der Waals surface area contributed by atoms with Gasteiger partial charge in [-0.2, -0.15) is 0 Å². The van der Waals surface area contributed by atoms with Crippen molar-refractivity contribution in [1.82, 2.24) is 0 Å². The zero-order chi connectivity index (χ0) is 11.7. The summed E-state index contributed by atoms with van der Waals surface area (Å²) < 4.78 is 10.0. The van der Waals surface area contributed by atoms with Crippen LogP contribution in [0.15, 0.2) is 23.3 Å². The zero-order valence-corrected chi connectivity index (χ0v) is 8.69. The van der Waals surface area contributed by atoms with Crippen LogP contribution in [0.3, 0.4) is 0 Å². The van der Waals surface area contributed by atoms with E-state index in [2.05, 4.69) is 0 Å². The number of ether oxygens (including phenoxy) is 2. The van der Waals surface area contributed by atoms with E-state index in [1.54, 1.807) is 0 Å². The molecule has 1 atom stereocenters. The van der Waals surface area contributed by atoms with Gasteiger partial charge in [0.2, 0.25) is 6.29 Å². The van der Waals surface area contributed by atoms with Crippen LogP contribution in [0, 0.1) is 0 Å². The second kappa shape index (κ2) is 4.02. The van der Waals surface area contributed by atoms with E-state index < -0.39 is 12.3 Å². The average Bonchev–Trinajstić information content (AvgIpc) is 2.23. The lowest BCUT2D eigenvalue weighted by Gasteiger charge is -2.26. The van der Waals surface area contributed by atoms with Gasteiger partial charge in [-0.25, -0.2) is 0 Å². The molecule has 5 nitrogen and oxygen atoms in total. The molecule has 0 bridgehead atoms. The number of hydrogen-bond donors (Lipinski definition) is 0. The molecule has 0 aromatic heterocycles. The van der Waals surface area contributed by atoms with Gasteiger partial charge in [-0.1, -0.05) is 0 Å². The highest BCUT2D eigenvalue weighted by molar-refractivity contribution is 6.20. The second-order valence-electron chi connectivity index (χ2n) is 3.57. The van der Waals surface area contributed by atoms with Gasteiger partial charge in [-0.3, -0.25) is 14.4 Å². The highest BCUT2D eigenvalue weighted by Crippen LogP contribution is 2.26. The lowest BCUT2D eigenvalue weighted by Crippen LogP contribution is -2.32. The second-order valence-corrected chi connectivity index (χ2v) is 3.57. The van der Waals surface area contributed by atoms with Crippen molar-refractivity contribution < 1.29 is 23.9 Å². The first-order valence-corrected chi connectivity index (χ1v) is 4.85. The van der Waals surface area contributed by atoms with Crippen molar-refractivity contribution >= 4 is 17.5 Å². The average molecular weight is 222 g/mol. The Labute approximate surface area is 91.7 Å². The molecule has 1 aliphatic heterocycles. The number of ketones is 2. The first-order chi connectivity index (χ1) is 7.58. The molecule has 5 heteroatoms. The molecule has 0 spiro atoms. The van der Waals surface area contributed by atoms with Crippen molar-refractivity contribution in [1.29, 1.82) is 0 Å². The van der Waals surface area contributed by atoms with Crippen LogP contribution in [0.2, 0.25) is 0 Å². The minimum atomic E-state index is -0.764. The molecule has 0 N–H and O–H groups in total. The predicted octanol–water partition coefficient (Wildman–Crippen LogP) is 0.300. The van der Waals surface area contributed by atoms with E-state index in [9.17, 15) is 14.4 Å². The van der Waals surface area contributed by atoms with Crippen LogP contribution in [0.1, 0.15) is 13.3 Å². The van der Waals surface area contributed by atoms with Crippen LogP contribution in [0.25, 0.3) is 0 Å². The van der Waals surface area contributed by atoms with Gasteiger partial charge in [0, 0.05) is 24.5 Å². The van der Waals surface area contributed by atoms with Gasteiger partial charge in [0.05, 0.1) is 6.61 Å². The minimum absolute atomic E-state index is 0.0161. The van der Waals surface area contributed by atoms with Gasteiger partial charge in [0.25, 0.3) is 0 Å². The van der Waals surface area contributed by atoms with Crippen LogP contribution in [0.4, 0.5) is 0 Å². The quantitative estimate of drug-likeness (QED) is 0.471. The van der Waals surface area contributed by atoms with Gasteiger partial charge in [-0.15, -0.1) is 0 Å². The summed E-state index contributed by atoms with van der Waals surface area (Å²) in [5.41, 5.74) is 0.765. The Hall–Kier alpha value is -1.75. The summed E-state index contributed by atoms with van der Waals surface area (Å²) in [7, 11) is 0. The maximum atomic E-state index is 11.5. The highest BCUT2D eigenvalue weighted by atomic mass is 16.7. The largest absolute Gasteiger partial charge is 0.436 e. The van der Waals surface area contributed by atoms with E-state index >= 15 is 0 Å². The van der Waals surface area contributed by atoms with E-state index in [0.717, 1.165) is 0 Å². The fraction of sp³-hybridized carbons (Fsp3) is 0.364. The smallest absolute Gasteiger partial charge is 0.304 e. The number of hydrogen-bond acceptors (Lipinski definition) is 5. The Morgan fingerprint density at radius 2 is 1.94 bits per heavy atom. The Morgan fingerprint density at radius 3 is 2.56 bits per heavy atom. The van der Waals surface area contributed by atoms with Gasteiger partial charge < -0.3 is 9.47 Å². The third kappa shape index (κ3) is 1.94. The van der Waals surface area contributed by atoms with E-state index in [4.69, 9.17) is 9.47 Å². The normalized spacial score (nSPS) is 24.4. The molecule has 0 aromatic carbocycles. The van der Waals surface area contributed by atoms with E-state index in [0.29, 0.717) is 11.1 Å². The molecule has 1 aliphatic carbocycles. The highest BCUT2D eigenvalue weighted by Gasteiger charge is 2.31. The molecule has 0 aromatic rings. The molecule has 0 radical (unpaired) electrons. The molecule has 16 heavy (non-hydrogen) atoms. The lowest BCUT2D eigenvalue weighted by atomic mass is 9.91. The third-order valence-electron chi connectivity index (χ3n) is 2.43. The summed E-state index contributed by atoms with van der Waals surface area (Å²) in [6.45, 7) is 1.28. The van der Waals surface area contributed by atoms with E-state index in [1.807, 2.05) is 0 Å². The Bertz CT molecular complexity index is 430. The monoisotopic (exact) mass is 222 g/mol. The number of carbonyl (C=O) groups excluding carboxylic acids is 3. The minimum Gasteiger partial charge on any atom is -0.436 e. The first-order valence-electron chi connectivity index (χ1n) is 4.85. The van der Waals surface area contributed by atoms with Crippen LogP contribution in [0.5, 0.6) is 0 Å². The van der Waals surface area contributed by atoms with E-state index in [1.165, 1.54) is 19.1 Å². The molecule has 2 aliphatic rings. The fourth-order valence-electron chi connectivity index (χ4n) is 1.69. The van der Waals surface area contributed by atoms with Crippen LogP contribution in [-0.2, 0) is 23.9 Å². The molecule has 1 heterocycles. The molecule has 2 rings (SSSR count). The molecule has 0 saturated carbocycles. The van der Waals surface area contributed by atoms with Gasteiger partial charge >= 0.3 is 5.97 Å². The molecule has 0 amide bonds. The Kier molecular flexibility index (Phi) is 2.70. The fourth-order valence-corrected chi connectivity index (χ4v) is 1.69. The molecule has 1 unspecified atom stereocenters. The molecular formula is C11H10O5. The van der Waals surface area contributed by atoms with Crippen molar-refractivity contribution in [2.24, 2.45) is 0 Å². The molecular weight excluding hydrogens is 212 g/mol. The van der Waals surface area contributed by atoms with Gasteiger partial charge in [0.15, 0.2) is 11.6 Å². The number of allylic oxidation sites excluding steroid dienone is 2. The molecule has 0 saturated heterocycles. The maximum Gasteiger partial charge on any atom is 0.304 e. The topological polar surface area (TPSA) is 69.7 Å². The summed E-state index contributed by atoms with van der Waals surface area (Å²) >= 11 is 0. The SMILES string of the molecule is CC(=O)OC1CC2=C(CO1)C(=O)C=CC2=O. The lowest BCUT2D eigenvalue weighted by molar-refractivity contribution is -0.176. The number of rotatable bonds is 1. The summed E-state index contributed by atoms with van der Waals surface area (Å²) in [4.78, 5) is 33.7. The zero-order valence-electron chi connectivity index (χ0n) is 8.69. The van der Waals surface area contributed by atoms with Crippen LogP contribution < -0.4 is 0 Å². The third-order valence-corrected chi connectivity index (χ3v) is 2.43. The van der Waals surface area contributed by atoms with Crippen molar-refractivity contribution in [3.63, 3.8) is 0 Å². The standard InChI is InChI=1S/C11H10O5/c1-6(12)16-11-4-7-8(5-15-11)10(14)3-2-9(7)13/h2-3,11H,4-5H2,1H3. The van der Waals surface area contributed by atoms with Crippen LogP contribution >= 0.6 is 0 Å². The van der Waals surface area contributed by atoms with Crippen molar-refractivity contribution in [3.8, 4) is 0 Å². The molecule has 0 fully saturated rings. The summed E-state index contributed by atoms with van der Waals surface area (Å²) in [6.07, 6.45) is 1.84. The van der Waals surface area contributed by atoms with Crippen molar-refractivity contribution in [2.75, 3.05) is 6.61 Å². The molecule has 84 valence electrons. The summed E-state index contributed by atoms with van der Waals surface area (Å²) in [5.74, 6) is -0.898. The predicted molar refractivity (Wildman–Crippen MR) is 52.3 cm³/mol. The Morgan fingerprint density at radius 1 is 1.31 bits per heavy atom. The summed E-state index contributed by atoms with van der Waals surface area (Å²) in [6, 6.07) is 0. The summed E-state index contributed by atoms with van der Waals surface area (Å²) in [5, 5.41) is 0. The Balaban J connectivity index is 2.18. The maximum absolute atomic E-state index is 11.5. The van der Waals surface area contributed by atoms with Gasteiger partial charge in [0.1, 0.15) is 0 Å². The number of esters is 1. The van der Waals surface area contributed by atoms with Crippen molar-refractivity contribution in [3.05, 3.63) is 23.3 Å². The van der Waals surface area contributed by atoms with Gasteiger partial charge in [-0.05, 0) is 12.2 Å². The van der Waals surface area contributed by atoms with E-state index in [-0.39, 0.29) is 24.6 Å². The van der Waals surface area contributed by atoms with Crippen LogP contribution in [-0.4, -0.2) is 30.4 Å².